The summed E-state index contributed by atoms with van der Waals surface area (Å²) in [7, 11) is 1.48. The third-order valence-electron chi connectivity index (χ3n) is 2.85. The van der Waals surface area contributed by atoms with Gasteiger partial charge in [0, 0.05) is 19.2 Å². The number of carboxylic acid groups (broad SMARTS) is 1. The van der Waals surface area contributed by atoms with Crippen molar-refractivity contribution in [2.24, 2.45) is 0 Å². The minimum absolute atomic E-state index is 0.129. The number of alkyl halides is 2. The Labute approximate surface area is 115 Å². The Balaban J connectivity index is 3.10. The highest BCUT2D eigenvalue weighted by Crippen LogP contribution is 2.31. The van der Waals surface area contributed by atoms with Crippen LogP contribution in [0.2, 0.25) is 0 Å². The number of benzene rings is 1. The van der Waals surface area contributed by atoms with Crippen LogP contribution in [0.3, 0.4) is 0 Å². The molecule has 0 spiro atoms. The van der Waals surface area contributed by atoms with Crippen LogP contribution in [0.4, 0.5) is 8.78 Å². The number of methoxy groups -OCH3 is 1. The van der Waals surface area contributed by atoms with E-state index in [9.17, 15) is 18.7 Å². The summed E-state index contributed by atoms with van der Waals surface area (Å²) in [6.45, 7) is -1.09. The van der Waals surface area contributed by atoms with Crippen LogP contribution < -0.4 is 10.1 Å². The van der Waals surface area contributed by atoms with E-state index in [0.717, 1.165) is 0 Å². The summed E-state index contributed by atoms with van der Waals surface area (Å²) >= 11 is 0. The van der Waals surface area contributed by atoms with Crippen molar-refractivity contribution in [1.29, 1.82) is 0 Å². The first-order chi connectivity index (χ1) is 9.41. The molecule has 0 aliphatic carbocycles. The van der Waals surface area contributed by atoms with Gasteiger partial charge in [0.25, 0.3) is 0 Å². The number of carboxylic acids is 1. The van der Waals surface area contributed by atoms with Gasteiger partial charge in [-0.25, -0.2) is 4.79 Å². The van der Waals surface area contributed by atoms with Crippen molar-refractivity contribution in [2.45, 2.75) is 19.1 Å². The molecule has 2 N–H and O–H groups in total. The van der Waals surface area contributed by atoms with E-state index in [0.29, 0.717) is 6.61 Å². The molecule has 0 heterocycles. The van der Waals surface area contributed by atoms with Crippen LogP contribution in [-0.4, -0.2) is 37.9 Å². The van der Waals surface area contributed by atoms with E-state index in [2.05, 4.69) is 10.1 Å². The minimum Gasteiger partial charge on any atom is -0.480 e. The van der Waals surface area contributed by atoms with Gasteiger partial charge in [-0.2, -0.15) is 8.78 Å². The van der Waals surface area contributed by atoms with E-state index < -0.39 is 18.1 Å². The van der Waals surface area contributed by atoms with E-state index in [-0.39, 0.29) is 17.9 Å². The normalized spacial score (nSPS) is 14.1. The maximum absolute atomic E-state index is 12.4. The van der Waals surface area contributed by atoms with Gasteiger partial charge in [-0.05, 0) is 13.0 Å². The average molecular weight is 289 g/mol. The molecule has 0 amide bonds. The van der Waals surface area contributed by atoms with Crippen molar-refractivity contribution in [1.82, 2.24) is 5.32 Å². The van der Waals surface area contributed by atoms with Crippen LogP contribution in [0.15, 0.2) is 24.3 Å². The van der Waals surface area contributed by atoms with Crippen LogP contribution in [0.25, 0.3) is 0 Å². The smallest absolute Gasteiger partial charge is 0.387 e. The first-order valence-corrected chi connectivity index (χ1v) is 5.93. The van der Waals surface area contributed by atoms with E-state index in [1.54, 1.807) is 6.07 Å². The van der Waals surface area contributed by atoms with E-state index in [4.69, 9.17) is 4.74 Å². The highest BCUT2D eigenvalue weighted by Gasteiger charge is 2.37. The molecule has 112 valence electrons. The Morgan fingerprint density at radius 1 is 1.45 bits per heavy atom. The third-order valence-corrected chi connectivity index (χ3v) is 2.85. The second-order valence-electron chi connectivity index (χ2n) is 4.22. The Hall–Kier alpha value is -1.73. The molecule has 0 aliphatic heterocycles. The Morgan fingerprint density at radius 2 is 2.10 bits per heavy atom. The minimum atomic E-state index is -3.02. The van der Waals surface area contributed by atoms with Crippen LogP contribution in [0.5, 0.6) is 5.75 Å². The average Bonchev–Trinajstić information content (AvgIpc) is 2.38. The largest absolute Gasteiger partial charge is 0.480 e. The monoisotopic (exact) mass is 289 g/mol. The van der Waals surface area contributed by atoms with E-state index in [1.807, 2.05) is 0 Å². The van der Waals surface area contributed by atoms with Gasteiger partial charge in [-0.15, -0.1) is 0 Å². The van der Waals surface area contributed by atoms with Crippen LogP contribution >= 0.6 is 0 Å². The summed E-state index contributed by atoms with van der Waals surface area (Å²) in [5, 5.41) is 12.2. The first-order valence-electron chi connectivity index (χ1n) is 5.93. The highest BCUT2D eigenvalue weighted by molar-refractivity contribution is 5.81. The maximum atomic E-state index is 12.4. The van der Waals surface area contributed by atoms with Gasteiger partial charge < -0.3 is 14.6 Å². The lowest BCUT2D eigenvalue weighted by Gasteiger charge is -2.28. The second-order valence-corrected chi connectivity index (χ2v) is 4.22. The molecular formula is C13H17F2NO4. The Bertz CT molecular complexity index is 456. The molecule has 20 heavy (non-hydrogen) atoms. The van der Waals surface area contributed by atoms with Gasteiger partial charge in [0.05, 0.1) is 6.61 Å². The zero-order chi connectivity index (χ0) is 15.2. The van der Waals surface area contributed by atoms with Gasteiger partial charge in [0.2, 0.25) is 0 Å². The molecule has 0 fully saturated rings. The quantitative estimate of drug-likeness (QED) is 0.715. The SMILES string of the molecule is COCCNC(C)(C(=O)O)c1ccccc1OC(F)F. The highest BCUT2D eigenvalue weighted by atomic mass is 19.3. The molecular weight excluding hydrogens is 272 g/mol. The predicted octanol–water partition coefficient (Wildman–Crippen LogP) is 1.82. The lowest BCUT2D eigenvalue weighted by molar-refractivity contribution is -0.145. The van der Waals surface area contributed by atoms with Gasteiger partial charge in [0.1, 0.15) is 11.3 Å². The number of halogens is 2. The molecule has 1 unspecified atom stereocenters. The summed E-state index contributed by atoms with van der Waals surface area (Å²) in [5.41, 5.74) is -1.42. The molecule has 0 bridgehead atoms. The van der Waals surface area contributed by atoms with Crippen molar-refractivity contribution in [3.63, 3.8) is 0 Å². The summed E-state index contributed by atoms with van der Waals surface area (Å²) in [5.74, 6) is -1.36. The lowest BCUT2D eigenvalue weighted by Crippen LogP contribution is -2.48. The zero-order valence-electron chi connectivity index (χ0n) is 11.2. The van der Waals surface area contributed by atoms with Crippen molar-refractivity contribution < 1.29 is 28.2 Å². The Morgan fingerprint density at radius 3 is 2.65 bits per heavy atom. The molecule has 0 saturated heterocycles. The lowest BCUT2D eigenvalue weighted by atomic mass is 9.91. The van der Waals surface area contributed by atoms with Gasteiger partial charge in [-0.1, -0.05) is 18.2 Å². The van der Waals surface area contributed by atoms with Crippen molar-refractivity contribution in [2.75, 3.05) is 20.3 Å². The molecule has 1 aromatic carbocycles. The number of ether oxygens (including phenoxy) is 2. The summed E-state index contributed by atoms with van der Waals surface area (Å²) in [6, 6.07) is 5.80. The topological polar surface area (TPSA) is 67.8 Å². The fourth-order valence-electron chi connectivity index (χ4n) is 1.77. The fourth-order valence-corrected chi connectivity index (χ4v) is 1.77. The molecule has 1 rings (SSSR count). The van der Waals surface area contributed by atoms with Crippen molar-refractivity contribution in [3.05, 3.63) is 29.8 Å². The number of hydrogen-bond acceptors (Lipinski definition) is 4. The van der Waals surface area contributed by atoms with Gasteiger partial charge in [-0.3, -0.25) is 5.32 Å². The van der Waals surface area contributed by atoms with Gasteiger partial charge in [0.15, 0.2) is 0 Å². The predicted molar refractivity (Wildman–Crippen MR) is 67.9 cm³/mol. The molecule has 1 atom stereocenters. The number of carbonyl (C=O) groups is 1. The first kappa shape index (κ1) is 16.3. The number of para-hydroxylation sites is 1. The summed E-state index contributed by atoms with van der Waals surface area (Å²) in [6.07, 6.45) is 0. The Kier molecular flexibility index (Phi) is 5.84. The third kappa shape index (κ3) is 3.88. The van der Waals surface area contributed by atoms with Crippen molar-refractivity contribution in [3.8, 4) is 5.75 Å². The van der Waals surface area contributed by atoms with Crippen molar-refractivity contribution >= 4 is 5.97 Å². The number of rotatable bonds is 8. The molecule has 0 saturated carbocycles. The fraction of sp³-hybridized carbons (Fsp3) is 0.462. The number of hydrogen-bond donors (Lipinski definition) is 2. The van der Waals surface area contributed by atoms with Crippen LogP contribution in [0.1, 0.15) is 12.5 Å². The molecule has 0 aromatic heterocycles. The van der Waals surface area contributed by atoms with Crippen LogP contribution in [0, 0.1) is 0 Å². The van der Waals surface area contributed by atoms with Crippen LogP contribution in [-0.2, 0) is 15.1 Å². The maximum Gasteiger partial charge on any atom is 0.387 e. The number of nitrogens with one attached hydrogen (secondary N) is 1. The molecule has 1 aromatic rings. The molecule has 7 heteroatoms. The molecule has 0 radical (unpaired) electrons. The molecule has 5 nitrogen and oxygen atoms in total. The summed E-state index contributed by atoms with van der Waals surface area (Å²) in [4.78, 5) is 11.5. The van der Waals surface area contributed by atoms with E-state index >= 15 is 0 Å². The second kappa shape index (κ2) is 7.16. The standard InChI is InChI=1S/C13H17F2NO4/c1-13(11(17)18,16-7-8-19-2)9-5-3-4-6-10(9)20-12(14)15/h3-6,12,16H,7-8H2,1-2H3,(H,17,18). The van der Waals surface area contributed by atoms with E-state index in [1.165, 1.54) is 32.2 Å². The summed E-state index contributed by atoms with van der Waals surface area (Å²) < 4.78 is 34.0. The van der Waals surface area contributed by atoms with Gasteiger partial charge >= 0.3 is 12.6 Å². The number of aliphatic carboxylic acids is 1. The molecule has 0 aliphatic rings. The zero-order valence-corrected chi connectivity index (χ0v) is 11.2.